The average molecular weight is 441 g/mol. The molecule has 8 heteroatoms. The minimum absolute atomic E-state index is 0.0516. The number of benzene rings is 1. The predicted octanol–water partition coefficient (Wildman–Crippen LogP) is 3.94. The van der Waals surface area contributed by atoms with Crippen molar-refractivity contribution in [3.05, 3.63) is 57.5 Å². The molecule has 0 N–H and O–H groups in total. The number of nitrogens with zero attached hydrogens (tertiary/aromatic N) is 4. The highest BCUT2D eigenvalue weighted by Crippen LogP contribution is 2.26. The Morgan fingerprint density at radius 3 is 2.53 bits per heavy atom. The Bertz CT molecular complexity index is 1020. The van der Waals surface area contributed by atoms with E-state index in [1.807, 2.05) is 41.5 Å². The SMILES string of the molecule is COc1ccc(-c2nc(CN3CCN(C(=O)/C=C/c4csc(C)n4)CC3)cs2)cc1. The molecule has 3 aromatic rings. The Morgan fingerprint density at radius 2 is 1.87 bits per heavy atom. The number of thiazole rings is 2. The molecule has 1 saturated heterocycles. The first-order valence-electron chi connectivity index (χ1n) is 9.81. The summed E-state index contributed by atoms with van der Waals surface area (Å²) in [4.78, 5) is 25.8. The molecule has 0 saturated carbocycles. The summed E-state index contributed by atoms with van der Waals surface area (Å²) in [6.07, 6.45) is 3.43. The fourth-order valence-electron chi connectivity index (χ4n) is 3.32. The van der Waals surface area contributed by atoms with Crippen LogP contribution in [0.1, 0.15) is 16.4 Å². The van der Waals surface area contributed by atoms with Crippen molar-refractivity contribution in [2.45, 2.75) is 13.5 Å². The molecule has 156 valence electrons. The molecule has 0 bridgehead atoms. The lowest BCUT2D eigenvalue weighted by Crippen LogP contribution is -2.47. The number of aromatic nitrogens is 2. The van der Waals surface area contributed by atoms with E-state index >= 15 is 0 Å². The Kier molecular flexibility index (Phi) is 6.56. The van der Waals surface area contributed by atoms with Crippen molar-refractivity contribution in [2.75, 3.05) is 33.3 Å². The van der Waals surface area contributed by atoms with Crippen LogP contribution in [-0.2, 0) is 11.3 Å². The van der Waals surface area contributed by atoms with E-state index in [4.69, 9.17) is 9.72 Å². The van der Waals surface area contributed by atoms with E-state index in [-0.39, 0.29) is 5.91 Å². The van der Waals surface area contributed by atoms with Crippen molar-refractivity contribution >= 4 is 34.7 Å². The highest BCUT2D eigenvalue weighted by atomic mass is 32.1. The third kappa shape index (κ3) is 5.13. The maximum atomic E-state index is 12.4. The summed E-state index contributed by atoms with van der Waals surface area (Å²) < 4.78 is 5.22. The second-order valence-corrected chi connectivity index (χ2v) is 9.02. The maximum absolute atomic E-state index is 12.4. The Balaban J connectivity index is 1.28. The van der Waals surface area contributed by atoms with Gasteiger partial charge in [0.15, 0.2) is 0 Å². The first kappa shape index (κ1) is 20.7. The molecule has 1 aromatic carbocycles. The summed E-state index contributed by atoms with van der Waals surface area (Å²) in [7, 11) is 1.67. The lowest BCUT2D eigenvalue weighted by atomic mass is 10.2. The van der Waals surface area contributed by atoms with Gasteiger partial charge in [0.1, 0.15) is 10.8 Å². The first-order valence-corrected chi connectivity index (χ1v) is 11.6. The first-order chi connectivity index (χ1) is 14.6. The molecule has 1 aliphatic heterocycles. The summed E-state index contributed by atoms with van der Waals surface area (Å²) >= 11 is 3.25. The Morgan fingerprint density at radius 1 is 1.10 bits per heavy atom. The van der Waals surface area contributed by atoms with Crippen LogP contribution in [0.25, 0.3) is 16.6 Å². The molecule has 6 nitrogen and oxygen atoms in total. The quantitative estimate of drug-likeness (QED) is 0.544. The molecule has 2 aromatic heterocycles. The van der Waals surface area contributed by atoms with Gasteiger partial charge in [-0.15, -0.1) is 22.7 Å². The molecule has 0 aliphatic carbocycles. The second kappa shape index (κ2) is 9.51. The molecule has 0 unspecified atom stereocenters. The summed E-state index contributed by atoms with van der Waals surface area (Å²) in [5.41, 5.74) is 3.02. The van der Waals surface area contributed by atoms with Crippen LogP contribution in [0.4, 0.5) is 0 Å². The van der Waals surface area contributed by atoms with E-state index < -0.39 is 0 Å². The number of piperazine rings is 1. The zero-order chi connectivity index (χ0) is 20.9. The van der Waals surface area contributed by atoms with Gasteiger partial charge in [-0.25, -0.2) is 9.97 Å². The zero-order valence-electron chi connectivity index (χ0n) is 17.1. The van der Waals surface area contributed by atoms with Gasteiger partial charge in [0.05, 0.1) is 23.5 Å². The fourth-order valence-corrected chi connectivity index (χ4v) is 4.72. The maximum Gasteiger partial charge on any atom is 0.246 e. The van der Waals surface area contributed by atoms with Crippen LogP contribution in [-0.4, -0.2) is 59.0 Å². The van der Waals surface area contributed by atoms with Crippen LogP contribution >= 0.6 is 22.7 Å². The predicted molar refractivity (Wildman–Crippen MR) is 122 cm³/mol. The minimum Gasteiger partial charge on any atom is -0.497 e. The van der Waals surface area contributed by atoms with E-state index in [1.165, 1.54) is 0 Å². The zero-order valence-corrected chi connectivity index (χ0v) is 18.7. The number of aryl methyl sites for hydroxylation is 1. The lowest BCUT2D eigenvalue weighted by Gasteiger charge is -2.33. The molecule has 1 aliphatic rings. The van der Waals surface area contributed by atoms with Crippen molar-refractivity contribution < 1.29 is 9.53 Å². The van der Waals surface area contributed by atoms with Crippen molar-refractivity contribution in [1.29, 1.82) is 0 Å². The number of ether oxygens (including phenoxy) is 1. The number of amides is 1. The second-order valence-electron chi connectivity index (χ2n) is 7.10. The van der Waals surface area contributed by atoms with Crippen LogP contribution in [0.2, 0.25) is 0 Å². The van der Waals surface area contributed by atoms with Gasteiger partial charge in [-0.2, -0.15) is 0 Å². The van der Waals surface area contributed by atoms with Gasteiger partial charge in [-0.05, 0) is 37.3 Å². The highest BCUT2D eigenvalue weighted by Gasteiger charge is 2.20. The highest BCUT2D eigenvalue weighted by molar-refractivity contribution is 7.13. The standard InChI is InChI=1S/C22H24N4O2S2/c1-16-23-18(14-29-16)5-8-21(27)26-11-9-25(10-12-26)13-19-15-30-22(24-19)17-3-6-20(28-2)7-4-17/h3-8,14-15H,9-13H2,1-2H3/b8-5+. The molecule has 1 fully saturated rings. The van der Waals surface area contributed by atoms with Crippen molar-refractivity contribution in [2.24, 2.45) is 0 Å². The summed E-state index contributed by atoms with van der Waals surface area (Å²) in [5.74, 6) is 0.898. The molecule has 1 amide bonds. The van der Waals surface area contributed by atoms with Crippen LogP contribution < -0.4 is 4.74 Å². The molecule has 3 heterocycles. The molecule has 0 spiro atoms. The van der Waals surface area contributed by atoms with Gasteiger partial charge in [0.2, 0.25) is 5.91 Å². The van der Waals surface area contributed by atoms with Crippen LogP contribution in [0.3, 0.4) is 0 Å². The van der Waals surface area contributed by atoms with Crippen LogP contribution in [0.15, 0.2) is 41.1 Å². The van der Waals surface area contributed by atoms with Gasteiger partial charge >= 0.3 is 0 Å². The van der Waals surface area contributed by atoms with Gasteiger partial charge in [-0.3, -0.25) is 9.69 Å². The number of carbonyl (C=O) groups excluding carboxylic acids is 1. The van der Waals surface area contributed by atoms with E-state index in [9.17, 15) is 4.79 Å². The van der Waals surface area contributed by atoms with E-state index in [2.05, 4.69) is 15.3 Å². The third-order valence-corrected chi connectivity index (χ3v) is 6.72. The van der Waals surface area contributed by atoms with Crippen molar-refractivity contribution in [3.8, 4) is 16.3 Å². The molecule has 30 heavy (non-hydrogen) atoms. The summed E-state index contributed by atoms with van der Waals surface area (Å²) in [5, 5.41) is 6.11. The Labute approximate surface area is 184 Å². The minimum atomic E-state index is 0.0516. The van der Waals surface area contributed by atoms with E-state index in [0.717, 1.165) is 65.4 Å². The van der Waals surface area contributed by atoms with Gasteiger partial charge in [-0.1, -0.05) is 0 Å². The summed E-state index contributed by atoms with van der Waals surface area (Å²) in [6.45, 7) is 5.94. The molecular formula is C22H24N4O2S2. The number of carbonyl (C=O) groups is 1. The van der Waals surface area contributed by atoms with Gasteiger partial charge < -0.3 is 9.64 Å². The van der Waals surface area contributed by atoms with Crippen molar-refractivity contribution in [3.63, 3.8) is 0 Å². The molecular weight excluding hydrogens is 416 g/mol. The topological polar surface area (TPSA) is 58.6 Å². The normalized spacial score (nSPS) is 15.1. The largest absolute Gasteiger partial charge is 0.497 e. The lowest BCUT2D eigenvalue weighted by molar-refractivity contribution is -0.127. The average Bonchev–Trinajstić information content (AvgIpc) is 3.41. The molecule has 4 rings (SSSR count). The number of hydrogen-bond acceptors (Lipinski definition) is 7. The van der Waals surface area contributed by atoms with Gasteiger partial charge in [0.25, 0.3) is 0 Å². The smallest absolute Gasteiger partial charge is 0.246 e. The van der Waals surface area contributed by atoms with E-state index in [0.29, 0.717) is 0 Å². The molecule has 0 atom stereocenters. The fraction of sp³-hybridized carbons (Fsp3) is 0.318. The number of methoxy groups -OCH3 is 1. The third-order valence-electron chi connectivity index (χ3n) is 4.99. The van der Waals surface area contributed by atoms with Crippen LogP contribution in [0, 0.1) is 6.92 Å². The summed E-state index contributed by atoms with van der Waals surface area (Å²) in [6, 6.07) is 7.98. The monoisotopic (exact) mass is 440 g/mol. The van der Waals surface area contributed by atoms with Gasteiger partial charge in [0, 0.05) is 55.1 Å². The van der Waals surface area contributed by atoms with Crippen LogP contribution in [0.5, 0.6) is 5.75 Å². The van der Waals surface area contributed by atoms with E-state index in [1.54, 1.807) is 41.9 Å². The molecule has 0 radical (unpaired) electrons. The Hall–Kier alpha value is -2.55. The number of rotatable bonds is 6. The van der Waals surface area contributed by atoms with Crippen molar-refractivity contribution in [1.82, 2.24) is 19.8 Å². The number of hydrogen-bond donors (Lipinski definition) is 0.